The normalized spacial score (nSPS) is 17.3. The summed E-state index contributed by atoms with van der Waals surface area (Å²) in [7, 11) is 0. The van der Waals surface area contributed by atoms with Crippen LogP contribution < -0.4 is 0 Å². The minimum atomic E-state index is -0.313. The summed E-state index contributed by atoms with van der Waals surface area (Å²) in [4.78, 5) is 16.1. The lowest BCUT2D eigenvalue weighted by atomic mass is 9.80. The van der Waals surface area contributed by atoms with Crippen molar-refractivity contribution in [2.45, 2.75) is 52.5 Å². The number of carbonyl (C=O) groups excluding carboxylic acids is 1. The highest BCUT2D eigenvalue weighted by molar-refractivity contribution is 5.87. The molecule has 1 aromatic rings. The summed E-state index contributed by atoms with van der Waals surface area (Å²) in [6.45, 7) is 6.50. The van der Waals surface area contributed by atoms with Gasteiger partial charge in [-0.2, -0.15) is 0 Å². The van der Waals surface area contributed by atoms with Crippen molar-refractivity contribution in [2.24, 2.45) is 5.92 Å². The monoisotopic (exact) mass is 250 g/mol. The third kappa shape index (κ3) is 2.42. The Bertz CT molecular complexity index is 421. The van der Waals surface area contributed by atoms with Crippen molar-refractivity contribution in [3.8, 4) is 0 Å². The molecule has 0 N–H and O–H groups in total. The van der Waals surface area contributed by atoms with Crippen molar-refractivity contribution >= 4 is 5.97 Å². The predicted molar refractivity (Wildman–Crippen MR) is 69.6 cm³/mol. The Balaban J connectivity index is 2.20. The van der Waals surface area contributed by atoms with E-state index in [1.165, 1.54) is 19.3 Å². The summed E-state index contributed by atoms with van der Waals surface area (Å²) in [6, 6.07) is 0.435. The number of hydrogen-bond donors (Lipinski definition) is 0. The van der Waals surface area contributed by atoms with Gasteiger partial charge in [0.2, 0.25) is 0 Å². The number of imidazole rings is 1. The molecule has 0 unspecified atom stereocenters. The van der Waals surface area contributed by atoms with Gasteiger partial charge in [0.05, 0.1) is 6.61 Å². The van der Waals surface area contributed by atoms with Gasteiger partial charge in [0.1, 0.15) is 5.82 Å². The third-order valence-corrected chi connectivity index (χ3v) is 3.88. The number of aryl methyl sites for hydroxylation is 1. The highest BCUT2D eigenvalue weighted by atomic mass is 16.5. The van der Waals surface area contributed by atoms with Crippen LogP contribution in [0.15, 0.2) is 6.20 Å². The van der Waals surface area contributed by atoms with E-state index in [1.807, 2.05) is 13.1 Å². The van der Waals surface area contributed by atoms with Gasteiger partial charge in [-0.3, -0.25) is 0 Å². The number of carbonyl (C=O) groups is 1. The first-order chi connectivity index (χ1) is 8.67. The van der Waals surface area contributed by atoms with Gasteiger partial charge in [0, 0.05) is 18.7 Å². The average Bonchev–Trinajstić information content (AvgIpc) is 2.70. The van der Waals surface area contributed by atoms with Crippen LogP contribution in [0.4, 0.5) is 0 Å². The molecule has 100 valence electrons. The summed E-state index contributed by atoms with van der Waals surface area (Å²) >= 11 is 0. The maximum Gasteiger partial charge on any atom is 0.358 e. The standard InChI is InChI=1S/C14H22N2O2/c1-4-13-15-12(14(17)18-5-2)9-16(13)10(3)11-7-6-8-11/h9-11H,4-8H2,1-3H3/t10-/m0/s1. The van der Waals surface area contributed by atoms with Crippen LogP contribution in [-0.2, 0) is 11.2 Å². The second-order valence-electron chi connectivity index (χ2n) is 4.96. The molecule has 0 radical (unpaired) electrons. The maximum absolute atomic E-state index is 11.7. The summed E-state index contributed by atoms with van der Waals surface area (Å²) in [5.74, 6) is 1.41. The number of aromatic nitrogens is 2. The van der Waals surface area contributed by atoms with Gasteiger partial charge < -0.3 is 9.30 Å². The molecule has 0 amide bonds. The van der Waals surface area contributed by atoms with Crippen molar-refractivity contribution in [3.05, 3.63) is 17.7 Å². The van der Waals surface area contributed by atoms with Gasteiger partial charge in [0.15, 0.2) is 5.69 Å². The minimum Gasteiger partial charge on any atom is -0.461 e. The second-order valence-corrected chi connectivity index (χ2v) is 4.96. The quantitative estimate of drug-likeness (QED) is 0.755. The molecule has 1 heterocycles. The van der Waals surface area contributed by atoms with E-state index in [9.17, 15) is 4.79 Å². The molecule has 1 aliphatic rings. The Kier molecular flexibility index (Phi) is 4.04. The van der Waals surface area contributed by atoms with Crippen LogP contribution in [0.5, 0.6) is 0 Å². The first-order valence-electron chi connectivity index (χ1n) is 6.92. The SMILES string of the molecule is CCOC(=O)c1cn([C@@H](C)C2CCC2)c(CC)n1. The van der Waals surface area contributed by atoms with E-state index in [4.69, 9.17) is 4.74 Å². The Labute approximate surface area is 108 Å². The van der Waals surface area contributed by atoms with Crippen molar-refractivity contribution in [2.75, 3.05) is 6.61 Å². The molecule has 0 spiro atoms. The topological polar surface area (TPSA) is 44.1 Å². The largest absolute Gasteiger partial charge is 0.461 e. The highest BCUT2D eigenvalue weighted by Crippen LogP contribution is 2.36. The van der Waals surface area contributed by atoms with Crippen molar-refractivity contribution < 1.29 is 9.53 Å². The molecule has 0 aromatic carbocycles. The molecule has 1 atom stereocenters. The van der Waals surface area contributed by atoms with Crippen LogP contribution in [0.25, 0.3) is 0 Å². The summed E-state index contributed by atoms with van der Waals surface area (Å²) in [6.07, 6.45) is 6.61. The fraction of sp³-hybridized carbons (Fsp3) is 0.714. The van der Waals surface area contributed by atoms with Gasteiger partial charge in [-0.1, -0.05) is 13.3 Å². The van der Waals surface area contributed by atoms with Gasteiger partial charge >= 0.3 is 5.97 Å². The molecule has 1 saturated carbocycles. The lowest BCUT2D eigenvalue weighted by Crippen LogP contribution is -2.23. The zero-order valence-electron chi connectivity index (χ0n) is 11.5. The van der Waals surface area contributed by atoms with Gasteiger partial charge in [-0.15, -0.1) is 0 Å². The summed E-state index contributed by atoms with van der Waals surface area (Å²) in [5, 5.41) is 0. The molecule has 4 nitrogen and oxygen atoms in total. The van der Waals surface area contributed by atoms with E-state index in [0.717, 1.165) is 18.2 Å². The van der Waals surface area contributed by atoms with Crippen LogP contribution in [-0.4, -0.2) is 22.1 Å². The highest BCUT2D eigenvalue weighted by Gasteiger charge is 2.27. The van der Waals surface area contributed by atoms with Crippen molar-refractivity contribution in [1.29, 1.82) is 0 Å². The zero-order valence-corrected chi connectivity index (χ0v) is 11.5. The Morgan fingerprint density at radius 3 is 2.78 bits per heavy atom. The van der Waals surface area contributed by atoms with Crippen LogP contribution in [0, 0.1) is 5.92 Å². The Hall–Kier alpha value is -1.32. The molecule has 2 rings (SSSR count). The van der Waals surface area contributed by atoms with Crippen LogP contribution in [0.3, 0.4) is 0 Å². The van der Waals surface area contributed by atoms with E-state index < -0.39 is 0 Å². The number of rotatable bonds is 5. The minimum absolute atomic E-state index is 0.313. The van der Waals surface area contributed by atoms with Gasteiger partial charge in [-0.25, -0.2) is 9.78 Å². The number of hydrogen-bond acceptors (Lipinski definition) is 3. The first kappa shape index (κ1) is 13.1. The molecule has 18 heavy (non-hydrogen) atoms. The molecular weight excluding hydrogens is 228 g/mol. The molecule has 1 aliphatic carbocycles. The molecule has 1 aromatic heterocycles. The van der Waals surface area contributed by atoms with E-state index >= 15 is 0 Å². The lowest BCUT2D eigenvalue weighted by molar-refractivity contribution is 0.0519. The number of esters is 1. The molecule has 0 saturated heterocycles. The second kappa shape index (κ2) is 5.55. The third-order valence-electron chi connectivity index (χ3n) is 3.88. The molecule has 4 heteroatoms. The molecule has 1 fully saturated rings. The lowest BCUT2D eigenvalue weighted by Gasteiger charge is -2.32. The summed E-state index contributed by atoms with van der Waals surface area (Å²) < 4.78 is 7.17. The molecule has 0 bridgehead atoms. The van der Waals surface area contributed by atoms with Crippen LogP contribution >= 0.6 is 0 Å². The first-order valence-corrected chi connectivity index (χ1v) is 6.92. The predicted octanol–water partition coefficient (Wildman–Crippen LogP) is 2.98. The van der Waals surface area contributed by atoms with Crippen LogP contribution in [0.2, 0.25) is 0 Å². The van der Waals surface area contributed by atoms with Gasteiger partial charge in [0.25, 0.3) is 0 Å². The Morgan fingerprint density at radius 1 is 1.56 bits per heavy atom. The van der Waals surface area contributed by atoms with Crippen LogP contribution in [0.1, 0.15) is 62.4 Å². The smallest absolute Gasteiger partial charge is 0.358 e. The summed E-state index contributed by atoms with van der Waals surface area (Å²) in [5.41, 5.74) is 0.444. The van der Waals surface area contributed by atoms with Crippen molar-refractivity contribution in [1.82, 2.24) is 9.55 Å². The fourth-order valence-electron chi connectivity index (χ4n) is 2.50. The fourth-order valence-corrected chi connectivity index (χ4v) is 2.50. The number of nitrogens with zero attached hydrogens (tertiary/aromatic N) is 2. The zero-order chi connectivity index (χ0) is 13.1. The average molecular weight is 250 g/mol. The molecular formula is C14H22N2O2. The van der Waals surface area contributed by atoms with Crippen molar-refractivity contribution in [3.63, 3.8) is 0 Å². The van der Waals surface area contributed by atoms with E-state index in [2.05, 4.69) is 23.4 Å². The molecule has 0 aliphatic heterocycles. The van der Waals surface area contributed by atoms with E-state index in [0.29, 0.717) is 18.3 Å². The Morgan fingerprint density at radius 2 is 2.28 bits per heavy atom. The maximum atomic E-state index is 11.7. The van der Waals surface area contributed by atoms with E-state index in [-0.39, 0.29) is 5.97 Å². The van der Waals surface area contributed by atoms with Gasteiger partial charge in [-0.05, 0) is 32.6 Å². The number of ether oxygens (including phenoxy) is 1. The van der Waals surface area contributed by atoms with E-state index in [1.54, 1.807) is 0 Å².